The quantitative estimate of drug-likeness (QED) is 0.0870. The zero-order valence-electron chi connectivity index (χ0n) is 23.6. The van der Waals surface area contributed by atoms with Crippen LogP contribution in [0.2, 0.25) is 0 Å². The van der Waals surface area contributed by atoms with Gasteiger partial charge in [-0.05, 0) is 37.5 Å². The highest BCUT2D eigenvalue weighted by atomic mass is 15.3. The van der Waals surface area contributed by atoms with Crippen LogP contribution in [0.25, 0.3) is 0 Å². The van der Waals surface area contributed by atoms with Crippen LogP contribution in [0.1, 0.15) is 105 Å². The second-order valence-electron chi connectivity index (χ2n) is 9.85. The Hall–Kier alpha value is -2.52. The summed E-state index contributed by atoms with van der Waals surface area (Å²) in [5.41, 5.74) is 22.7. The molecule has 0 spiro atoms. The van der Waals surface area contributed by atoms with E-state index in [4.69, 9.17) is 33.8 Å². The largest absolute Gasteiger partial charge is 0.370 e. The fourth-order valence-corrected chi connectivity index (χ4v) is 4.39. The average molecular weight is 509 g/mol. The normalized spacial score (nSPS) is 13.2. The van der Waals surface area contributed by atoms with Crippen LogP contribution in [-0.2, 0) is 0 Å². The van der Waals surface area contributed by atoms with E-state index in [1.54, 1.807) is 0 Å². The van der Waals surface area contributed by atoms with Gasteiger partial charge in [0.2, 0.25) is 11.9 Å². The van der Waals surface area contributed by atoms with Crippen LogP contribution in [0.4, 0.5) is 0 Å². The molecule has 0 aliphatic rings. The Morgan fingerprint density at radius 1 is 0.667 bits per heavy atom. The second kappa shape index (κ2) is 20.7. The van der Waals surface area contributed by atoms with Crippen LogP contribution in [0, 0.1) is 22.7 Å². The van der Waals surface area contributed by atoms with Gasteiger partial charge in [0.25, 0.3) is 0 Å². The Morgan fingerprint density at radius 3 is 1.56 bits per heavy atom. The Morgan fingerprint density at radius 2 is 1.14 bits per heavy atom. The third kappa shape index (κ3) is 16.2. The lowest BCUT2D eigenvalue weighted by Crippen LogP contribution is -2.42. The molecule has 0 saturated carbocycles. The summed E-state index contributed by atoms with van der Waals surface area (Å²) < 4.78 is 0. The molecule has 10 N–H and O–H groups in total. The molecule has 0 aliphatic carbocycles. The van der Waals surface area contributed by atoms with Crippen molar-refractivity contribution >= 4 is 23.8 Å². The number of hydrogen-bond donors (Lipinski definition) is 6. The maximum Gasteiger partial charge on any atom is 0.221 e. The fourth-order valence-electron chi connectivity index (χ4n) is 4.39. The van der Waals surface area contributed by atoms with E-state index in [-0.39, 0.29) is 17.9 Å². The molecule has 0 aromatic carbocycles. The van der Waals surface area contributed by atoms with E-state index in [1.807, 2.05) is 4.90 Å². The van der Waals surface area contributed by atoms with Crippen molar-refractivity contribution in [2.75, 3.05) is 26.2 Å². The van der Waals surface area contributed by atoms with Crippen molar-refractivity contribution in [2.24, 2.45) is 44.8 Å². The van der Waals surface area contributed by atoms with Crippen molar-refractivity contribution in [1.29, 1.82) is 10.8 Å². The topological polar surface area (TPSA) is 183 Å². The molecule has 0 rings (SSSR count). The lowest BCUT2D eigenvalue weighted by Gasteiger charge is -2.28. The van der Waals surface area contributed by atoms with Gasteiger partial charge in [0.1, 0.15) is 0 Å². The van der Waals surface area contributed by atoms with Crippen LogP contribution in [0.5, 0.6) is 0 Å². The van der Waals surface area contributed by atoms with Crippen molar-refractivity contribution in [2.45, 2.75) is 105 Å². The van der Waals surface area contributed by atoms with E-state index < -0.39 is 0 Å². The van der Waals surface area contributed by atoms with E-state index in [2.05, 4.69) is 42.6 Å². The number of nitrogens with zero attached hydrogens (tertiary/aromatic N) is 4. The molecule has 10 nitrogen and oxygen atoms in total. The number of hydrogen-bond acceptors (Lipinski definition) is 2. The number of nitrogens with one attached hydrogen (secondary N) is 2. The molecule has 0 saturated heterocycles. The molecule has 0 aromatic rings. The van der Waals surface area contributed by atoms with Crippen molar-refractivity contribution in [3.63, 3.8) is 0 Å². The predicted octanol–water partition coefficient (Wildman–Crippen LogP) is 4.00. The molecule has 0 amide bonds. The minimum Gasteiger partial charge on any atom is -0.370 e. The molecule has 0 bridgehead atoms. The van der Waals surface area contributed by atoms with Gasteiger partial charge in [-0.3, -0.25) is 10.8 Å². The molecule has 0 radical (unpaired) electrons. The van der Waals surface area contributed by atoms with E-state index in [9.17, 15) is 0 Å². The maximum atomic E-state index is 8.35. The van der Waals surface area contributed by atoms with Gasteiger partial charge in [0.15, 0.2) is 11.9 Å². The monoisotopic (exact) mass is 508 g/mol. The van der Waals surface area contributed by atoms with Gasteiger partial charge in [0, 0.05) is 26.2 Å². The standard InChI is InChI=1S/C26H56N10/c1-5-9-15-21(7-3)19-35(25(31)33-23(27)28)17-13-11-12-14-18-36(26(32)34-24(29)30)20-22(8-4)16-10-6-2/h21-22H,5-20H2,1-4H3,(H5,27,28,31,33)(H5,29,30,32,34). The molecule has 0 aromatic heterocycles. The first kappa shape index (κ1) is 33.5. The number of guanidine groups is 4. The van der Waals surface area contributed by atoms with Gasteiger partial charge in [-0.1, -0.05) is 79.1 Å². The lowest BCUT2D eigenvalue weighted by molar-refractivity contribution is 0.295. The number of aliphatic imine (C=N–C) groups is 2. The second-order valence-corrected chi connectivity index (χ2v) is 9.85. The highest BCUT2D eigenvalue weighted by molar-refractivity contribution is 5.92. The summed E-state index contributed by atoms with van der Waals surface area (Å²) in [5.74, 6) is 1.26. The minimum atomic E-state index is -0.258. The first-order valence-electron chi connectivity index (χ1n) is 14.0. The van der Waals surface area contributed by atoms with Gasteiger partial charge in [-0.2, -0.15) is 9.98 Å². The fraction of sp³-hybridized carbons (Fsp3) is 0.846. The molecule has 10 heteroatoms. The molecule has 210 valence electrons. The summed E-state index contributed by atoms with van der Waals surface area (Å²) >= 11 is 0. The smallest absolute Gasteiger partial charge is 0.221 e. The van der Waals surface area contributed by atoms with Crippen LogP contribution < -0.4 is 22.9 Å². The van der Waals surface area contributed by atoms with E-state index >= 15 is 0 Å². The zero-order valence-corrected chi connectivity index (χ0v) is 23.6. The summed E-state index contributed by atoms with van der Waals surface area (Å²) in [7, 11) is 0. The number of rotatable bonds is 19. The number of unbranched alkanes of at least 4 members (excludes halogenated alkanes) is 5. The third-order valence-electron chi connectivity index (χ3n) is 6.74. The summed E-state index contributed by atoms with van der Waals surface area (Å²) in [4.78, 5) is 12.1. The SMILES string of the molecule is CCCCC(CC)CN(CCCCCCN(CC(CC)CCCC)C(N)=NC(=N)N)C(=N)N=C(N)N. The van der Waals surface area contributed by atoms with Crippen molar-refractivity contribution in [3.05, 3.63) is 0 Å². The van der Waals surface area contributed by atoms with Crippen molar-refractivity contribution in [1.82, 2.24) is 9.80 Å². The molecule has 36 heavy (non-hydrogen) atoms. The molecular weight excluding hydrogens is 452 g/mol. The van der Waals surface area contributed by atoms with Gasteiger partial charge < -0.3 is 32.7 Å². The van der Waals surface area contributed by atoms with Crippen LogP contribution in [-0.4, -0.2) is 59.8 Å². The highest BCUT2D eigenvalue weighted by Gasteiger charge is 2.17. The molecule has 2 atom stereocenters. The van der Waals surface area contributed by atoms with E-state index in [0.717, 1.165) is 71.1 Å². The summed E-state index contributed by atoms with van der Waals surface area (Å²) in [6.07, 6.45) is 13.3. The van der Waals surface area contributed by atoms with Gasteiger partial charge in [-0.25, -0.2) is 0 Å². The Labute approximate surface area is 220 Å². The first-order valence-corrected chi connectivity index (χ1v) is 14.0. The number of nitrogens with two attached hydrogens (primary N) is 4. The predicted molar refractivity (Wildman–Crippen MR) is 155 cm³/mol. The Balaban J connectivity index is 4.87. The molecular formula is C26H56N10. The van der Waals surface area contributed by atoms with Crippen LogP contribution >= 0.6 is 0 Å². The highest BCUT2D eigenvalue weighted by Crippen LogP contribution is 2.17. The first-order chi connectivity index (χ1) is 17.2. The molecule has 2 unspecified atom stereocenters. The third-order valence-corrected chi connectivity index (χ3v) is 6.74. The average Bonchev–Trinajstić information content (AvgIpc) is 2.82. The Bertz CT molecular complexity index is 657. The summed E-state index contributed by atoms with van der Waals surface area (Å²) in [6.45, 7) is 12.1. The summed E-state index contributed by atoms with van der Waals surface area (Å²) in [6, 6.07) is 0. The molecule has 0 heterocycles. The van der Waals surface area contributed by atoms with Gasteiger partial charge in [0.05, 0.1) is 0 Å². The van der Waals surface area contributed by atoms with E-state index in [1.165, 1.54) is 32.1 Å². The minimum absolute atomic E-state index is 0.0687. The maximum absolute atomic E-state index is 8.35. The summed E-state index contributed by atoms with van der Waals surface area (Å²) in [5, 5.41) is 15.8. The van der Waals surface area contributed by atoms with Crippen molar-refractivity contribution < 1.29 is 0 Å². The molecule has 0 aliphatic heterocycles. The van der Waals surface area contributed by atoms with Gasteiger partial charge in [-0.15, -0.1) is 0 Å². The van der Waals surface area contributed by atoms with E-state index in [0.29, 0.717) is 17.8 Å². The van der Waals surface area contributed by atoms with Gasteiger partial charge >= 0.3 is 0 Å². The lowest BCUT2D eigenvalue weighted by atomic mass is 9.98. The zero-order chi connectivity index (χ0) is 27.3. The van der Waals surface area contributed by atoms with Crippen LogP contribution in [0.3, 0.4) is 0 Å². The molecule has 0 fully saturated rings. The Kier molecular flexibility index (Phi) is 19.2. The van der Waals surface area contributed by atoms with Crippen LogP contribution in [0.15, 0.2) is 9.98 Å². The van der Waals surface area contributed by atoms with Crippen molar-refractivity contribution in [3.8, 4) is 0 Å².